The lowest BCUT2D eigenvalue weighted by Gasteiger charge is -2.06. The van der Waals surface area contributed by atoms with Crippen LogP contribution in [0.2, 0.25) is 5.02 Å². The molecule has 0 saturated carbocycles. The van der Waals surface area contributed by atoms with Crippen LogP contribution in [-0.4, -0.2) is 20.4 Å². The van der Waals surface area contributed by atoms with Gasteiger partial charge in [0.1, 0.15) is 12.1 Å². The number of carbonyl (C=O) groups excluding carboxylic acids is 1. The maximum Gasteiger partial charge on any atom is 0.228 e. The summed E-state index contributed by atoms with van der Waals surface area (Å²) < 4.78 is 1.79. The molecule has 5 nitrogen and oxygen atoms in total. The molecule has 0 aliphatic rings. The first-order valence-corrected chi connectivity index (χ1v) is 7.07. The molecule has 0 bridgehead atoms. The second-order valence-corrected chi connectivity index (χ2v) is 5.16. The molecule has 0 spiro atoms. The van der Waals surface area contributed by atoms with Gasteiger partial charge in [-0.15, -0.1) is 0 Å². The Morgan fingerprint density at radius 3 is 2.64 bits per heavy atom. The van der Waals surface area contributed by atoms with Crippen molar-refractivity contribution >= 4 is 23.2 Å². The van der Waals surface area contributed by atoms with Gasteiger partial charge in [-0.3, -0.25) is 9.36 Å². The molecule has 22 heavy (non-hydrogen) atoms. The van der Waals surface area contributed by atoms with Gasteiger partial charge in [0.2, 0.25) is 5.91 Å². The third kappa shape index (κ3) is 3.51. The molecule has 110 valence electrons. The van der Waals surface area contributed by atoms with Crippen molar-refractivity contribution in [2.45, 2.75) is 6.42 Å². The molecule has 1 N–H and O–H groups in total. The highest BCUT2D eigenvalue weighted by molar-refractivity contribution is 6.30. The van der Waals surface area contributed by atoms with E-state index in [1.54, 1.807) is 41.6 Å². The Bertz CT molecular complexity index is 752. The fourth-order valence-electron chi connectivity index (χ4n) is 2.00. The molecule has 2 aromatic heterocycles. The summed E-state index contributed by atoms with van der Waals surface area (Å²) in [5.41, 5.74) is 1.56. The Morgan fingerprint density at radius 1 is 1.18 bits per heavy atom. The van der Waals surface area contributed by atoms with Crippen LogP contribution in [0.4, 0.5) is 5.69 Å². The molecule has 6 heteroatoms. The fourth-order valence-corrected chi connectivity index (χ4v) is 2.13. The number of aromatic nitrogens is 3. The third-order valence-corrected chi connectivity index (χ3v) is 3.33. The Hall–Kier alpha value is -2.66. The third-order valence-electron chi connectivity index (χ3n) is 3.08. The lowest BCUT2D eigenvalue weighted by Crippen LogP contribution is -2.14. The van der Waals surface area contributed by atoms with E-state index in [-0.39, 0.29) is 5.91 Å². The summed E-state index contributed by atoms with van der Waals surface area (Å²) >= 11 is 5.82. The highest BCUT2D eigenvalue weighted by atomic mass is 35.5. The molecule has 2 heterocycles. The normalized spacial score (nSPS) is 10.4. The first-order valence-electron chi connectivity index (χ1n) is 6.69. The molecule has 0 atom stereocenters. The van der Waals surface area contributed by atoms with Crippen molar-refractivity contribution in [1.82, 2.24) is 14.5 Å². The summed E-state index contributed by atoms with van der Waals surface area (Å²) in [5, 5.41) is 3.47. The summed E-state index contributed by atoms with van der Waals surface area (Å²) in [7, 11) is 0. The molecular formula is C16H13ClN4O. The van der Waals surface area contributed by atoms with E-state index in [0.717, 1.165) is 11.4 Å². The van der Waals surface area contributed by atoms with Crippen molar-refractivity contribution in [3.63, 3.8) is 0 Å². The zero-order valence-corrected chi connectivity index (χ0v) is 12.4. The minimum atomic E-state index is -0.0977. The highest BCUT2D eigenvalue weighted by Crippen LogP contribution is 2.12. The van der Waals surface area contributed by atoms with E-state index < -0.39 is 0 Å². The minimum Gasteiger partial charge on any atom is -0.324 e. The van der Waals surface area contributed by atoms with E-state index >= 15 is 0 Å². The van der Waals surface area contributed by atoms with Gasteiger partial charge in [-0.1, -0.05) is 23.7 Å². The van der Waals surface area contributed by atoms with Gasteiger partial charge in [0.05, 0.1) is 18.3 Å². The number of nitrogens with one attached hydrogen (secondary N) is 1. The lowest BCUT2D eigenvalue weighted by molar-refractivity contribution is -0.115. The second-order valence-electron chi connectivity index (χ2n) is 4.73. The molecule has 0 fully saturated rings. The van der Waals surface area contributed by atoms with Crippen molar-refractivity contribution in [2.24, 2.45) is 0 Å². The van der Waals surface area contributed by atoms with E-state index in [4.69, 9.17) is 11.6 Å². The number of anilines is 1. The first-order chi connectivity index (χ1) is 10.7. The average molecular weight is 313 g/mol. The van der Waals surface area contributed by atoms with E-state index in [0.29, 0.717) is 17.1 Å². The maximum absolute atomic E-state index is 12.0. The van der Waals surface area contributed by atoms with Crippen LogP contribution in [-0.2, 0) is 11.2 Å². The highest BCUT2D eigenvalue weighted by Gasteiger charge is 2.05. The van der Waals surface area contributed by atoms with Crippen LogP contribution in [0.25, 0.3) is 5.82 Å². The van der Waals surface area contributed by atoms with E-state index in [1.165, 1.54) is 0 Å². The first kappa shape index (κ1) is 14.3. The van der Waals surface area contributed by atoms with Gasteiger partial charge in [-0.2, -0.15) is 0 Å². The van der Waals surface area contributed by atoms with Gasteiger partial charge in [0.25, 0.3) is 0 Å². The van der Waals surface area contributed by atoms with Gasteiger partial charge in [-0.25, -0.2) is 9.97 Å². The van der Waals surface area contributed by atoms with Crippen molar-refractivity contribution < 1.29 is 4.79 Å². The van der Waals surface area contributed by atoms with Crippen molar-refractivity contribution in [2.75, 3.05) is 5.32 Å². The Labute approximate surface area is 132 Å². The van der Waals surface area contributed by atoms with Crippen LogP contribution in [0.3, 0.4) is 0 Å². The molecule has 0 aliphatic carbocycles. The van der Waals surface area contributed by atoms with Gasteiger partial charge in [0.15, 0.2) is 0 Å². The summed E-state index contributed by atoms with van der Waals surface area (Å²) in [4.78, 5) is 20.2. The molecule has 0 saturated heterocycles. The number of carbonyl (C=O) groups is 1. The van der Waals surface area contributed by atoms with Crippen molar-refractivity contribution in [3.8, 4) is 5.82 Å². The summed E-state index contributed by atoms with van der Waals surface area (Å²) in [6, 6.07) is 10.8. The topological polar surface area (TPSA) is 59.8 Å². The molecule has 0 aliphatic heterocycles. The Kier molecular flexibility index (Phi) is 4.16. The molecular weight excluding hydrogens is 300 g/mol. The molecule has 0 radical (unpaired) electrons. The predicted molar refractivity (Wildman–Crippen MR) is 85.1 cm³/mol. The number of hydrogen-bond acceptors (Lipinski definition) is 3. The molecule has 1 amide bonds. The predicted octanol–water partition coefficient (Wildman–Crippen LogP) is 3.10. The standard InChI is InChI=1S/C16H13ClN4O/c17-13-3-1-12(2-4-13)9-16(22)20-14-5-6-15(19-10-14)21-8-7-18-11-21/h1-8,10-11H,9H2,(H,20,22). The zero-order valence-electron chi connectivity index (χ0n) is 11.6. The SMILES string of the molecule is O=C(Cc1ccc(Cl)cc1)Nc1ccc(-n2ccnc2)nc1. The van der Waals surface area contributed by atoms with Crippen LogP contribution in [0.5, 0.6) is 0 Å². The largest absolute Gasteiger partial charge is 0.324 e. The second kappa shape index (κ2) is 6.41. The molecule has 3 aromatic rings. The molecule has 1 aromatic carbocycles. The van der Waals surface area contributed by atoms with Gasteiger partial charge < -0.3 is 5.32 Å². The Balaban J connectivity index is 1.63. The number of imidazole rings is 1. The number of hydrogen-bond donors (Lipinski definition) is 1. The lowest BCUT2D eigenvalue weighted by atomic mass is 10.1. The number of rotatable bonds is 4. The summed E-state index contributed by atoms with van der Waals surface area (Å²) in [5.74, 6) is 0.646. The summed E-state index contributed by atoms with van der Waals surface area (Å²) in [6.07, 6.45) is 7.07. The van der Waals surface area contributed by atoms with Crippen LogP contribution < -0.4 is 5.32 Å². The summed E-state index contributed by atoms with van der Waals surface area (Å²) in [6.45, 7) is 0. The maximum atomic E-state index is 12.0. The number of benzene rings is 1. The Morgan fingerprint density at radius 2 is 2.00 bits per heavy atom. The average Bonchev–Trinajstić information content (AvgIpc) is 3.05. The zero-order chi connectivity index (χ0) is 15.4. The van der Waals surface area contributed by atoms with Crippen LogP contribution >= 0.6 is 11.6 Å². The van der Waals surface area contributed by atoms with Gasteiger partial charge in [-0.05, 0) is 29.8 Å². The smallest absolute Gasteiger partial charge is 0.228 e. The number of halogens is 1. The number of nitrogens with zero attached hydrogens (tertiary/aromatic N) is 3. The monoisotopic (exact) mass is 312 g/mol. The van der Waals surface area contributed by atoms with Gasteiger partial charge >= 0.3 is 0 Å². The molecule has 0 unspecified atom stereocenters. The molecule has 3 rings (SSSR count). The van der Waals surface area contributed by atoms with Crippen LogP contribution in [0.15, 0.2) is 61.3 Å². The number of amides is 1. The van der Waals surface area contributed by atoms with Crippen molar-refractivity contribution in [3.05, 3.63) is 71.9 Å². The number of pyridine rings is 1. The minimum absolute atomic E-state index is 0.0977. The quantitative estimate of drug-likeness (QED) is 0.805. The van der Waals surface area contributed by atoms with Crippen molar-refractivity contribution in [1.29, 1.82) is 0 Å². The van der Waals surface area contributed by atoms with E-state index in [9.17, 15) is 4.79 Å². The van der Waals surface area contributed by atoms with Crippen LogP contribution in [0, 0.1) is 0 Å². The van der Waals surface area contributed by atoms with E-state index in [1.807, 2.05) is 24.3 Å². The van der Waals surface area contributed by atoms with E-state index in [2.05, 4.69) is 15.3 Å². The van der Waals surface area contributed by atoms with Gasteiger partial charge in [0, 0.05) is 17.4 Å². The van der Waals surface area contributed by atoms with Crippen LogP contribution in [0.1, 0.15) is 5.56 Å². The fraction of sp³-hybridized carbons (Fsp3) is 0.0625.